The van der Waals surface area contributed by atoms with Gasteiger partial charge in [0.05, 0.1) is 11.7 Å². The second-order valence-corrected chi connectivity index (χ2v) is 5.33. The van der Waals surface area contributed by atoms with Crippen molar-refractivity contribution >= 4 is 21.6 Å². The number of hydrogen-bond donors (Lipinski definition) is 1. The van der Waals surface area contributed by atoms with E-state index in [4.69, 9.17) is 0 Å². The molecule has 1 unspecified atom stereocenters. The lowest BCUT2D eigenvalue weighted by Gasteiger charge is -2.19. The maximum Gasteiger partial charge on any atom is 0.182 e. The summed E-state index contributed by atoms with van der Waals surface area (Å²) in [7, 11) is 0. The normalized spacial score (nSPS) is 12.2. The zero-order valence-electron chi connectivity index (χ0n) is 10.8. The molecule has 0 aliphatic carbocycles. The van der Waals surface area contributed by atoms with E-state index in [9.17, 15) is 13.2 Å². The van der Waals surface area contributed by atoms with Gasteiger partial charge in [-0.1, -0.05) is 35.0 Å². The SMILES string of the molecule is CCC(Nc1cc(F)cc(F)c1F)c1cccc(Br)c1. The smallest absolute Gasteiger partial charge is 0.182 e. The molecule has 1 N–H and O–H groups in total. The van der Waals surface area contributed by atoms with Crippen LogP contribution in [0, 0.1) is 17.5 Å². The zero-order chi connectivity index (χ0) is 14.7. The molecule has 106 valence electrons. The van der Waals surface area contributed by atoms with Gasteiger partial charge in [0, 0.05) is 16.6 Å². The van der Waals surface area contributed by atoms with E-state index in [2.05, 4.69) is 21.2 Å². The Labute approximate surface area is 123 Å². The Kier molecular flexibility index (Phi) is 4.70. The molecule has 0 heterocycles. The molecule has 0 radical (unpaired) electrons. The van der Waals surface area contributed by atoms with Crippen LogP contribution in [0.3, 0.4) is 0 Å². The van der Waals surface area contributed by atoms with E-state index in [0.717, 1.165) is 16.1 Å². The lowest BCUT2D eigenvalue weighted by molar-refractivity contribution is 0.496. The van der Waals surface area contributed by atoms with Crippen molar-refractivity contribution in [3.8, 4) is 0 Å². The van der Waals surface area contributed by atoms with Crippen molar-refractivity contribution in [1.82, 2.24) is 0 Å². The highest BCUT2D eigenvalue weighted by atomic mass is 79.9. The number of hydrogen-bond acceptors (Lipinski definition) is 1. The number of halogens is 4. The van der Waals surface area contributed by atoms with E-state index in [1.54, 1.807) is 0 Å². The van der Waals surface area contributed by atoms with E-state index in [-0.39, 0.29) is 11.7 Å². The van der Waals surface area contributed by atoms with Gasteiger partial charge in [-0.25, -0.2) is 13.2 Å². The Morgan fingerprint density at radius 3 is 2.55 bits per heavy atom. The highest BCUT2D eigenvalue weighted by molar-refractivity contribution is 9.10. The van der Waals surface area contributed by atoms with Crippen LogP contribution in [0.1, 0.15) is 24.9 Å². The first-order valence-corrected chi connectivity index (χ1v) is 6.97. The second-order valence-electron chi connectivity index (χ2n) is 4.41. The predicted molar refractivity (Wildman–Crippen MR) is 77.1 cm³/mol. The van der Waals surface area contributed by atoms with Gasteiger partial charge < -0.3 is 5.32 Å². The standard InChI is InChI=1S/C15H13BrF3N/c1-2-13(9-4-3-5-10(16)6-9)20-14-8-11(17)7-12(18)15(14)19/h3-8,13,20H,2H2,1H3. The molecule has 2 rings (SSSR count). The molecule has 0 aromatic heterocycles. The summed E-state index contributed by atoms with van der Waals surface area (Å²) >= 11 is 3.36. The van der Waals surface area contributed by atoms with Crippen LogP contribution in [-0.4, -0.2) is 0 Å². The lowest BCUT2D eigenvalue weighted by Crippen LogP contribution is -2.11. The summed E-state index contributed by atoms with van der Waals surface area (Å²) in [5.74, 6) is -3.08. The molecular weight excluding hydrogens is 331 g/mol. The molecule has 0 aliphatic heterocycles. The third-order valence-electron chi connectivity index (χ3n) is 2.98. The van der Waals surface area contributed by atoms with Crippen molar-refractivity contribution in [2.24, 2.45) is 0 Å². The second kappa shape index (κ2) is 6.31. The number of anilines is 1. The molecule has 0 bridgehead atoms. The van der Waals surface area contributed by atoms with Gasteiger partial charge >= 0.3 is 0 Å². The molecule has 0 saturated heterocycles. The van der Waals surface area contributed by atoms with E-state index in [1.165, 1.54) is 0 Å². The minimum absolute atomic E-state index is 0.172. The van der Waals surface area contributed by atoms with Crippen LogP contribution >= 0.6 is 15.9 Å². The summed E-state index contributed by atoms with van der Waals surface area (Å²) in [5, 5.41) is 2.85. The summed E-state index contributed by atoms with van der Waals surface area (Å²) in [5.41, 5.74) is 0.736. The Morgan fingerprint density at radius 2 is 1.90 bits per heavy atom. The van der Waals surface area contributed by atoms with Gasteiger partial charge in [0.1, 0.15) is 5.82 Å². The molecule has 0 aliphatic rings. The molecule has 0 amide bonds. The fraction of sp³-hybridized carbons (Fsp3) is 0.200. The summed E-state index contributed by atoms with van der Waals surface area (Å²) in [6.45, 7) is 1.91. The molecule has 0 saturated carbocycles. The molecular formula is C15H13BrF3N. The first-order chi connectivity index (χ1) is 9.51. The number of benzene rings is 2. The van der Waals surface area contributed by atoms with Crippen LogP contribution in [0.5, 0.6) is 0 Å². The van der Waals surface area contributed by atoms with Crippen molar-refractivity contribution in [3.05, 3.63) is 63.9 Å². The largest absolute Gasteiger partial charge is 0.376 e. The Balaban J connectivity index is 2.31. The molecule has 2 aromatic rings. The summed E-state index contributed by atoms with van der Waals surface area (Å²) in [6, 6.07) is 8.74. The van der Waals surface area contributed by atoms with Crippen LogP contribution in [0.25, 0.3) is 0 Å². The summed E-state index contributed by atoms with van der Waals surface area (Å²) in [6.07, 6.45) is 0.647. The van der Waals surface area contributed by atoms with Crippen LogP contribution in [-0.2, 0) is 0 Å². The van der Waals surface area contributed by atoms with Crippen LogP contribution in [0.15, 0.2) is 40.9 Å². The van der Waals surface area contributed by atoms with E-state index >= 15 is 0 Å². The Hall–Kier alpha value is -1.49. The maximum atomic E-state index is 13.7. The minimum Gasteiger partial charge on any atom is -0.376 e. The van der Waals surface area contributed by atoms with Gasteiger partial charge in [-0.15, -0.1) is 0 Å². The number of nitrogens with one attached hydrogen (secondary N) is 1. The number of rotatable bonds is 4. The maximum absolute atomic E-state index is 13.7. The molecule has 2 aromatic carbocycles. The van der Waals surface area contributed by atoms with Crippen LogP contribution in [0.2, 0.25) is 0 Å². The molecule has 0 spiro atoms. The Bertz CT molecular complexity index is 616. The average Bonchev–Trinajstić information content (AvgIpc) is 2.41. The third-order valence-corrected chi connectivity index (χ3v) is 3.48. The predicted octanol–water partition coefficient (Wildman–Crippen LogP) is 5.43. The van der Waals surface area contributed by atoms with Crippen molar-refractivity contribution in [2.45, 2.75) is 19.4 Å². The van der Waals surface area contributed by atoms with E-state index < -0.39 is 17.5 Å². The topological polar surface area (TPSA) is 12.0 Å². The van der Waals surface area contributed by atoms with Gasteiger partial charge in [-0.2, -0.15) is 0 Å². The monoisotopic (exact) mass is 343 g/mol. The fourth-order valence-corrected chi connectivity index (χ4v) is 2.41. The van der Waals surface area contributed by atoms with E-state index in [0.29, 0.717) is 12.5 Å². The summed E-state index contributed by atoms with van der Waals surface area (Å²) in [4.78, 5) is 0. The van der Waals surface area contributed by atoms with Crippen molar-refractivity contribution in [2.75, 3.05) is 5.32 Å². The van der Waals surface area contributed by atoms with Gasteiger partial charge in [0.2, 0.25) is 0 Å². The lowest BCUT2D eigenvalue weighted by atomic mass is 10.0. The van der Waals surface area contributed by atoms with Gasteiger partial charge in [0.25, 0.3) is 0 Å². The molecule has 20 heavy (non-hydrogen) atoms. The quantitative estimate of drug-likeness (QED) is 0.730. The van der Waals surface area contributed by atoms with Gasteiger partial charge in [-0.3, -0.25) is 0 Å². The third kappa shape index (κ3) is 3.33. The summed E-state index contributed by atoms with van der Waals surface area (Å²) < 4.78 is 40.9. The minimum atomic E-state index is -1.20. The molecule has 1 nitrogen and oxygen atoms in total. The first kappa shape index (κ1) is 14.9. The van der Waals surface area contributed by atoms with Crippen molar-refractivity contribution in [3.63, 3.8) is 0 Å². The molecule has 5 heteroatoms. The first-order valence-electron chi connectivity index (χ1n) is 6.17. The highest BCUT2D eigenvalue weighted by Gasteiger charge is 2.15. The van der Waals surface area contributed by atoms with Crippen LogP contribution in [0.4, 0.5) is 18.9 Å². The van der Waals surface area contributed by atoms with E-state index in [1.807, 2.05) is 31.2 Å². The fourth-order valence-electron chi connectivity index (χ4n) is 1.99. The van der Waals surface area contributed by atoms with Crippen molar-refractivity contribution in [1.29, 1.82) is 0 Å². The zero-order valence-corrected chi connectivity index (χ0v) is 12.3. The average molecular weight is 344 g/mol. The molecule has 1 atom stereocenters. The highest BCUT2D eigenvalue weighted by Crippen LogP contribution is 2.27. The Morgan fingerprint density at radius 1 is 1.15 bits per heavy atom. The van der Waals surface area contributed by atoms with Gasteiger partial charge in [0.15, 0.2) is 11.6 Å². The van der Waals surface area contributed by atoms with Gasteiger partial charge in [-0.05, 0) is 24.1 Å². The molecule has 0 fully saturated rings. The van der Waals surface area contributed by atoms with Crippen LogP contribution < -0.4 is 5.32 Å². The van der Waals surface area contributed by atoms with Crippen molar-refractivity contribution < 1.29 is 13.2 Å².